The Labute approximate surface area is 166 Å². The number of fused-ring (bicyclic) bond motifs is 7. The number of amides is 1. The van der Waals surface area contributed by atoms with Crippen molar-refractivity contribution in [1.82, 2.24) is 14.5 Å². The minimum atomic E-state index is -2.43. The Kier molecular flexibility index (Phi) is 3.45. The minimum absolute atomic E-state index is 0.308. The maximum absolute atomic E-state index is 13.7. The number of benzene rings is 2. The topological polar surface area (TPSA) is 85.5 Å². The lowest BCUT2D eigenvalue weighted by Crippen LogP contribution is -2.55. The maximum atomic E-state index is 13.7. The van der Waals surface area contributed by atoms with Crippen LogP contribution in [0, 0.1) is 0 Å². The summed E-state index contributed by atoms with van der Waals surface area (Å²) in [4.78, 5) is 26.6. The standard InChI is InChI=1S/C22H19N3O4/c1-23-21(27)22(28)20(26)16-12-8-4-6-10-14(12)24(2)17(16)18-19(29-3)13-9-5-7-11-15(13)25(18)22/h4-11,28H,1-3H3,(H,23,27). The lowest BCUT2D eigenvalue weighted by molar-refractivity contribution is -0.142. The first-order chi connectivity index (χ1) is 14.0. The van der Waals surface area contributed by atoms with Crippen LogP contribution in [0.3, 0.4) is 0 Å². The van der Waals surface area contributed by atoms with Crippen molar-refractivity contribution in [2.75, 3.05) is 14.2 Å². The predicted molar refractivity (Wildman–Crippen MR) is 109 cm³/mol. The Morgan fingerprint density at radius 1 is 1.03 bits per heavy atom. The molecule has 0 spiro atoms. The van der Waals surface area contributed by atoms with E-state index in [0.717, 1.165) is 5.52 Å². The zero-order valence-corrected chi connectivity index (χ0v) is 16.2. The predicted octanol–water partition coefficient (Wildman–Crippen LogP) is 2.40. The summed E-state index contributed by atoms with van der Waals surface area (Å²) in [5, 5.41) is 15.4. The second-order valence-corrected chi connectivity index (χ2v) is 7.11. The molecule has 0 radical (unpaired) electrons. The molecule has 0 aliphatic carbocycles. The molecule has 4 aromatic rings. The van der Waals surface area contributed by atoms with E-state index in [4.69, 9.17) is 4.74 Å². The van der Waals surface area contributed by atoms with Crippen molar-refractivity contribution in [2.24, 2.45) is 7.05 Å². The van der Waals surface area contributed by atoms with Gasteiger partial charge >= 0.3 is 0 Å². The third-order valence-corrected chi connectivity index (χ3v) is 5.77. The van der Waals surface area contributed by atoms with Gasteiger partial charge < -0.3 is 19.7 Å². The van der Waals surface area contributed by atoms with Crippen molar-refractivity contribution >= 4 is 33.5 Å². The number of para-hydroxylation sites is 2. The number of aryl methyl sites for hydroxylation is 1. The van der Waals surface area contributed by atoms with E-state index < -0.39 is 17.4 Å². The third kappa shape index (κ3) is 1.90. The number of nitrogens with one attached hydrogen (secondary N) is 1. The summed E-state index contributed by atoms with van der Waals surface area (Å²) in [5.74, 6) is -0.965. The highest BCUT2D eigenvalue weighted by Crippen LogP contribution is 2.50. The lowest BCUT2D eigenvalue weighted by Gasteiger charge is -2.33. The first-order valence-corrected chi connectivity index (χ1v) is 9.21. The highest BCUT2D eigenvalue weighted by Gasteiger charge is 2.54. The van der Waals surface area contributed by atoms with Crippen molar-refractivity contribution < 1.29 is 19.4 Å². The largest absolute Gasteiger partial charge is 0.494 e. The molecule has 3 heterocycles. The number of methoxy groups -OCH3 is 1. The molecule has 1 aliphatic rings. The number of aliphatic hydroxyl groups is 1. The number of aromatic nitrogens is 2. The van der Waals surface area contributed by atoms with Crippen LogP contribution in [0.1, 0.15) is 10.4 Å². The summed E-state index contributed by atoms with van der Waals surface area (Å²) in [5.41, 5.74) is 0.340. The van der Waals surface area contributed by atoms with E-state index in [1.807, 2.05) is 48.0 Å². The van der Waals surface area contributed by atoms with Crippen LogP contribution in [0.15, 0.2) is 48.5 Å². The molecule has 29 heavy (non-hydrogen) atoms. The number of nitrogens with zero attached hydrogens (tertiary/aromatic N) is 2. The van der Waals surface area contributed by atoms with Gasteiger partial charge in [0.15, 0.2) is 5.75 Å². The second kappa shape index (κ2) is 5.71. The number of rotatable bonds is 2. The average Bonchev–Trinajstić information content (AvgIpc) is 3.24. The van der Waals surface area contributed by atoms with E-state index in [1.54, 1.807) is 19.2 Å². The van der Waals surface area contributed by atoms with E-state index >= 15 is 0 Å². The van der Waals surface area contributed by atoms with E-state index in [0.29, 0.717) is 39.0 Å². The van der Waals surface area contributed by atoms with Crippen LogP contribution in [0.4, 0.5) is 0 Å². The molecular formula is C22H19N3O4. The molecule has 0 saturated heterocycles. The number of ether oxygens (including phenoxy) is 1. The Balaban J connectivity index is 2.08. The van der Waals surface area contributed by atoms with Gasteiger partial charge in [-0.2, -0.15) is 0 Å². The molecule has 146 valence electrons. The van der Waals surface area contributed by atoms with Gasteiger partial charge in [0.2, 0.25) is 5.78 Å². The van der Waals surface area contributed by atoms with Crippen LogP contribution in [-0.2, 0) is 17.6 Å². The van der Waals surface area contributed by atoms with Crippen molar-refractivity contribution in [3.05, 3.63) is 54.1 Å². The number of likely N-dealkylation sites (N-methyl/N-ethyl adjacent to an activating group) is 1. The van der Waals surface area contributed by atoms with Gasteiger partial charge in [0, 0.05) is 30.4 Å². The molecule has 7 nitrogen and oxygen atoms in total. The van der Waals surface area contributed by atoms with Gasteiger partial charge in [0.05, 0.1) is 23.9 Å². The molecule has 7 heteroatoms. The summed E-state index contributed by atoms with van der Waals surface area (Å²) in [7, 11) is 4.80. The van der Waals surface area contributed by atoms with Gasteiger partial charge in [-0.15, -0.1) is 0 Å². The summed E-state index contributed by atoms with van der Waals surface area (Å²) < 4.78 is 9.02. The summed E-state index contributed by atoms with van der Waals surface area (Å²) in [6.45, 7) is 0. The molecule has 5 rings (SSSR count). The first kappa shape index (κ1) is 17.5. The van der Waals surface area contributed by atoms with Crippen LogP contribution in [0.2, 0.25) is 0 Å². The van der Waals surface area contributed by atoms with Crippen LogP contribution in [0.5, 0.6) is 5.75 Å². The van der Waals surface area contributed by atoms with Crippen LogP contribution < -0.4 is 10.1 Å². The van der Waals surface area contributed by atoms with Crippen molar-refractivity contribution in [3.63, 3.8) is 0 Å². The highest BCUT2D eigenvalue weighted by atomic mass is 16.5. The van der Waals surface area contributed by atoms with E-state index in [9.17, 15) is 14.7 Å². The third-order valence-electron chi connectivity index (χ3n) is 5.77. The Hall–Kier alpha value is -3.58. The van der Waals surface area contributed by atoms with Crippen LogP contribution in [-0.4, -0.2) is 40.1 Å². The molecule has 1 amide bonds. The fraction of sp³-hybridized carbons (Fsp3) is 0.182. The molecule has 0 saturated carbocycles. The van der Waals surface area contributed by atoms with Crippen molar-refractivity contribution in [1.29, 1.82) is 0 Å². The second-order valence-electron chi connectivity index (χ2n) is 7.11. The van der Waals surface area contributed by atoms with Crippen molar-refractivity contribution in [3.8, 4) is 17.1 Å². The van der Waals surface area contributed by atoms with Crippen LogP contribution >= 0.6 is 0 Å². The summed E-state index contributed by atoms with van der Waals surface area (Å²) in [6.07, 6.45) is 0. The molecule has 1 unspecified atom stereocenters. The molecule has 2 aromatic heterocycles. The Morgan fingerprint density at radius 2 is 1.66 bits per heavy atom. The van der Waals surface area contributed by atoms with Gasteiger partial charge in [0.1, 0.15) is 5.69 Å². The van der Waals surface area contributed by atoms with Gasteiger partial charge in [-0.05, 0) is 18.2 Å². The number of ketones is 1. The molecule has 2 N–H and O–H groups in total. The first-order valence-electron chi connectivity index (χ1n) is 9.21. The van der Waals surface area contributed by atoms with Gasteiger partial charge in [-0.3, -0.25) is 14.2 Å². The van der Waals surface area contributed by atoms with Gasteiger partial charge in [-0.1, -0.05) is 30.3 Å². The Bertz CT molecular complexity index is 1350. The highest BCUT2D eigenvalue weighted by molar-refractivity contribution is 6.26. The number of carbonyl (C=O) groups excluding carboxylic acids is 2. The zero-order valence-electron chi connectivity index (χ0n) is 16.2. The average molecular weight is 389 g/mol. The summed E-state index contributed by atoms with van der Waals surface area (Å²) >= 11 is 0. The quantitative estimate of drug-likeness (QED) is 0.516. The van der Waals surface area contributed by atoms with Gasteiger partial charge in [-0.25, -0.2) is 0 Å². The number of Topliss-reactive ketones (excluding diaryl/α,β-unsaturated/α-hetero) is 1. The minimum Gasteiger partial charge on any atom is -0.494 e. The maximum Gasteiger partial charge on any atom is 0.289 e. The number of carbonyl (C=O) groups is 2. The molecular weight excluding hydrogens is 370 g/mol. The molecule has 1 atom stereocenters. The van der Waals surface area contributed by atoms with Crippen LogP contribution in [0.25, 0.3) is 33.2 Å². The molecule has 2 aromatic carbocycles. The van der Waals surface area contributed by atoms with Crippen molar-refractivity contribution in [2.45, 2.75) is 5.72 Å². The monoisotopic (exact) mass is 389 g/mol. The van der Waals surface area contributed by atoms with E-state index in [1.165, 1.54) is 11.6 Å². The fourth-order valence-electron chi connectivity index (χ4n) is 4.52. The number of hydrogen-bond donors (Lipinski definition) is 2. The smallest absolute Gasteiger partial charge is 0.289 e. The van der Waals surface area contributed by atoms with E-state index in [2.05, 4.69) is 5.32 Å². The molecule has 0 bridgehead atoms. The fourth-order valence-corrected chi connectivity index (χ4v) is 4.52. The zero-order chi connectivity index (χ0) is 20.5. The van der Waals surface area contributed by atoms with Gasteiger partial charge in [0.25, 0.3) is 11.6 Å². The normalized spacial score (nSPS) is 18.0. The Morgan fingerprint density at radius 3 is 2.31 bits per heavy atom. The molecule has 1 aliphatic heterocycles. The SMILES string of the molecule is CNC(=O)C1(O)C(=O)c2c(n(C)c3ccccc23)-c2c(OC)c3ccccc3n21. The number of hydrogen-bond acceptors (Lipinski definition) is 4. The molecule has 0 fully saturated rings. The summed E-state index contributed by atoms with van der Waals surface area (Å²) in [6, 6.07) is 14.7. The lowest BCUT2D eigenvalue weighted by atomic mass is 9.91. The van der Waals surface area contributed by atoms with E-state index in [-0.39, 0.29) is 0 Å².